The van der Waals surface area contributed by atoms with Gasteiger partial charge in [0.1, 0.15) is 16.9 Å². The van der Waals surface area contributed by atoms with Crippen molar-refractivity contribution in [3.63, 3.8) is 0 Å². The molecule has 0 amide bonds. The Morgan fingerprint density at radius 3 is 0.922 bits per heavy atom. The predicted molar refractivity (Wildman–Crippen MR) is 220 cm³/mol. The monoisotopic (exact) mass is 705 g/mol. The van der Waals surface area contributed by atoms with E-state index < -0.39 is 18.6 Å². The smallest absolute Gasteiger partial charge is 0.130 e. The third-order valence-electron chi connectivity index (χ3n) is 10.7. The molecule has 2 aromatic carbocycles. The molecule has 0 bridgehead atoms. The minimum absolute atomic E-state index is 0.265. The molecule has 2 aromatic rings. The Kier molecular flexibility index (Phi) is 25.3. The lowest BCUT2D eigenvalue weighted by molar-refractivity contribution is 0.0487. The summed E-state index contributed by atoms with van der Waals surface area (Å²) in [6.45, 7) is 3.30. The lowest BCUT2D eigenvalue weighted by atomic mass is 9.83. The molecule has 0 aliphatic rings. The summed E-state index contributed by atoms with van der Waals surface area (Å²) >= 11 is 0. The SMILES string of the molecule is CCCCCCCCCCCCCCc1ccc(C=C(O)C(CO)(CO)C(O)=Cc2ccc(CCCCCCCCCCCCCC)cc2)cc1. The fourth-order valence-electron chi connectivity index (χ4n) is 7.00. The quantitative estimate of drug-likeness (QED) is 0.0451. The molecule has 0 aliphatic heterocycles. The summed E-state index contributed by atoms with van der Waals surface area (Å²) in [6, 6.07) is 16.1. The highest BCUT2D eigenvalue weighted by Gasteiger charge is 2.38. The van der Waals surface area contributed by atoms with Gasteiger partial charge in [0.05, 0.1) is 13.2 Å². The molecule has 0 saturated carbocycles. The van der Waals surface area contributed by atoms with Crippen LogP contribution in [0.15, 0.2) is 60.0 Å². The third kappa shape index (κ3) is 19.2. The van der Waals surface area contributed by atoms with E-state index in [1.54, 1.807) is 0 Å². The highest BCUT2D eigenvalue weighted by molar-refractivity contribution is 5.58. The van der Waals surface area contributed by atoms with Crippen molar-refractivity contribution in [3.8, 4) is 0 Å². The maximum absolute atomic E-state index is 11.1. The summed E-state index contributed by atoms with van der Waals surface area (Å²) in [5.41, 5.74) is 2.36. The van der Waals surface area contributed by atoms with Crippen molar-refractivity contribution in [2.24, 2.45) is 5.41 Å². The lowest BCUT2D eigenvalue weighted by Gasteiger charge is -2.28. The number of aryl methyl sites for hydroxylation is 2. The van der Waals surface area contributed by atoms with Gasteiger partial charge in [-0.2, -0.15) is 0 Å². The van der Waals surface area contributed by atoms with E-state index in [0.717, 1.165) is 24.0 Å². The van der Waals surface area contributed by atoms with E-state index in [9.17, 15) is 20.4 Å². The standard InChI is InChI=1S/C47H76O4/c1-3-5-7-9-11-13-15-17-19-21-23-25-27-41-29-33-43(34-30-41)37-45(50)47(39-48,40-49)46(51)38-44-35-31-42(32-36-44)28-26-24-22-20-18-16-14-12-10-8-6-4-2/h29-38,48-51H,3-28,39-40H2,1-2H3. The molecule has 0 heterocycles. The van der Waals surface area contributed by atoms with E-state index in [1.807, 2.05) is 24.3 Å². The van der Waals surface area contributed by atoms with Crippen molar-refractivity contribution in [2.45, 2.75) is 181 Å². The van der Waals surface area contributed by atoms with Gasteiger partial charge < -0.3 is 20.4 Å². The molecular weight excluding hydrogens is 629 g/mol. The van der Waals surface area contributed by atoms with E-state index in [1.165, 1.54) is 177 Å². The molecule has 0 fully saturated rings. The highest BCUT2D eigenvalue weighted by Crippen LogP contribution is 2.34. The van der Waals surface area contributed by atoms with Gasteiger partial charge in [0.2, 0.25) is 0 Å². The molecule has 4 N–H and O–H groups in total. The maximum Gasteiger partial charge on any atom is 0.130 e. The third-order valence-corrected chi connectivity index (χ3v) is 10.7. The van der Waals surface area contributed by atoms with Gasteiger partial charge in [0.15, 0.2) is 0 Å². The maximum atomic E-state index is 11.1. The Labute approximate surface area is 313 Å². The first-order valence-corrected chi connectivity index (χ1v) is 21.2. The Balaban J connectivity index is 1.75. The normalized spacial score (nSPS) is 12.5. The topological polar surface area (TPSA) is 80.9 Å². The zero-order chi connectivity index (χ0) is 36.8. The van der Waals surface area contributed by atoms with Crippen LogP contribution in [-0.4, -0.2) is 33.6 Å². The van der Waals surface area contributed by atoms with Crippen LogP contribution in [0.3, 0.4) is 0 Å². The second-order valence-electron chi connectivity index (χ2n) is 15.2. The second kappa shape index (κ2) is 29.0. The average molecular weight is 705 g/mol. The van der Waals surface area contributed by atoms with Gasteiger partial charge in [-0.05, 0) is 60.1 Å². The Bertz CT molecular complexity index is 1070. The van der Waals surface area contributed by atoms with Crippen LogP contribution < -0.4 is 0 Å². The van der Waals surface area contributed by atoms with Crippen molar-refractivity contribution in [1.29, 1.82) is 0 Å². The van der Waals surface area contributed by atoms with Gasteiger partial charge in [-0.15, -0.1) is 0 Å². The van der Waals surface area contributed by atoms with Crippen LogP contribution in [0.4, 0.5) is 0 Å². The zero-order valence-electron chi connectivity index (χ0n) is 32.9. The van der Waals surface area contributed by atoms with Gasteiger partial charge >= 0.3 is 0 Å². The molecule has 0 saturated heterocycles. The average Bonchev–Trinajstić information content (AvgIpc) is 3.14. The summed E-state index contributed by atoms with van der Waals surface area (Å²) in [5, 5.41) is 42.7. The molecule has 0 unspecified atom stereocenters. The van der Waals surface area contributed by atoms with Crippen LogP contribution >= 0.6 is 0 Å². The van der Waals surface area contributed by atoms with E-state index in [0.29, 0.717) is 0 Å². The van der Waals surface area contributed by atoms with E-state index in [4.69, 9.17) is 0 Å². The van der Waals surface area contributed by atoms with E-state index >= 15 is 0 Å². The van der Waals surface area contributed by atoms with Crippen LogP contribution in [0.1, 0.15) is 190 Å². The number of aliphatic hydroxyl groups excluding tert-OH is 4. The Hall–Kier alpha value is -2.56. The molecule has 0 spiro atoms. The van der Waals surface area contributed by atoms with Crippen molar-refractivity contribution in [3.05, 3.63) is 82.3 Å². The Morgan fingerprint density at radius 1 is 0.412 bits per heavy atom. The first kappa shape index (κ1) is 44.6. The fraction of sp³-hybridized carbons (Fsp3) is 0.660. The van der Waals surface area contributed by atoms with Crippen LogP contribution in [0.2, 0.25) is 0 Å². The fourth-order valence-corrected chi connectivity index (χ4v) is 7.00. The lowest BCUT2D eigenvalue weighted by Crippen LogP contribution is -2.34. The largest absolute Gasteiger partial charge is 0.511 e. The summed E-state index contributed by atoms with van der Waals surface area (Å²) in [6.07, 6.45) is 37.3. The van der Waals surface area contributed by atoms with Gasteiger partial charge in [-0.1, -0.05) is 204 Å². The summed E-state index contributed by atoms with van der Waals surface area (Å²) in [7, 11) is 0. The molecule has 4 heteroatoms. The minimum atomic E-state index is -1.68. The molecule has 0 aromatic heterocycles. The number of unbranched alkanes of at least 4 members (excludes halogenated alkanes) is 22. The number of rotatable bonds is 32. The van der Waals surface area contributed by atoms with Crippen LogP contribution in [-0.2, 0) is 12.8 Å². The summed E-state index contributed by atoms with van der Waals surface area (Å²) < 4.78 is 0. The van der Waals surface area contributed by atoms with Crippen LogP contribution in [0, 0.1) is 5.41 Å². The first-order chi connectivity index (χ1) is 25.0. The molecule has 288 valence electrons. The molecule has 0 aliphatic carbocycles. The van der Waals surface area contributed by atoms with Crippen molar-refractivity contribution in [1.82, 2.24) is 0 Å². The molecule has 2 rings (SSSR count). The van der Waals surface area contributed by atoms with E-state index in [2.05, 4.69) is 38.1 Å². The van der Waals surface area contributed by atoms with Gasteiger partial charge in [0, 0.05) is 0 Å². The van der Waals surface area contributed by atoms with E-state index in [-0.39, 0.29) is 11.5 Å². The van der Waals surface area contributed by atoms with Gasteiger partial charge in [-0.25, -0.2) is 0 Å². The molecule has 4 nitrogen and oxygen atoms in total. The molecular formula is C47H76O4. The number of aliphatic hydroxyl groups is 4. The first-order valence-electron chi connectivity index (χ1n) is 21.2. The highest BCUT2D eigenvalue weighted by atomic mass is 16.3. The number of hydrogen-bond donors (Lipinski definition) is 4. The van der Waals surface area contributed by atoms with Crippen LogP contribution in [0.25, 0.3) is 12.2 Å². The minimum Gasteiger partial charge on any atom is -0.511 e. The van der Waals surface area contributed by atoms with Crippen LogP contribution in [0.5, 0.6) is 0 Å². The van der Waals surface area contributed by atoms with Crippen molar-refractivity contribution < 1.29 is 20.4 Å². The van der Waals surface area contributed by atoms with Gasteiger partial charge in [0.25, 0.3) is 0 Å². The van der Waals surface area contributed by atoms with Gasteiger partial charge in [-0.3, -0.25) is 0 Å². The van der Waals surface area contributed by atoms with Crippen molar-refractivity contribution >= 4 is 12.2 Å². The second-order valence-corrected chi connectivity index (χ2v) is 15.2. The predicted octanol–water partition coefficient (Wildman–Crippen LogP) is 13.6. The molecule has 51 heavy (non-hydrogen) atoms. The summed E-state index contributed by atoms with van der Waals surface area (Å²) in [5.74, 6) is -0.530. The Morgan fingerprint density at radius 2 is 0.667 bits per heavy atom. The summed E-state index contributed by atoms with van der Waals surface area (Å²) in [4.78, 5) is 0. The number of hydrogen-bond acceptors (Lipinski definition) is 4. The molecule has 0 radical (unpaired) electrons. The molecule has 0 atom stereocenters. The number of benzene rings is 2. The van der Waals surface area contributed by atoms with Crippen molar-refractivity contribution in [2.75, 3.05) is 13.2 Å². The zero-order valence-corrected chi connectivity index (χ0v) is 32.9.